The lowest BCUT2D eigenvalue weighted by Gasteiger charge is -1.97. The van der Waals surface area contributed by atoms with Gasteiger partial charge in [0.1, 0.15) is 0 Å². The molecule has 14 heavy (non-hydrogen) atoms. The van der Waals surface area contributed by atoms with E-state index in [0.29, 0.717) is 0 Å². The summed E-state index contributed by atoms with van der Waals surface area (Å²) >= 11 is 6.98. The van der Waals surface area contributed by atoms with Crippen molar-refractivity contribution in [3.63, 3.8) is 0 Å². The average molecular weight is 224 g/mol. The van der Waals surface area contributed by atoms with Gasteiger partial charge in [0.2, 0.25) is 0 Å². The van der Waals surface area contributed by atoms with Crippen molar-refractivity contribution in [2.24, 2.45) is 0 Å². The van der Waals surface area contributed by atoms with Crippen LogP contribution < -0.4 is 0 Å². The predicted molar refractivity (Wildman–Crippen MR) is 62.5 cm³/mol. The smallest absolute Gasteiger partial charge is 0.177 e. The predicted octanol–water partition coefficient (Wildman–Crippen LogP) is 3.27. The van der Waals surface area contributed by atoms with Crippen LogP contribution >= 0.6 is 23.6 Å². The van der Waals surface area contributed by atoms with Crippen molar-refractivity contribution < 1.29 is 0 Å². The van der Waals surface area contributed by atoms with E-state index in [9.17, 15) is 0 Å². The molecule has 0 aliphatic rings. The molecule has 1 N–H and O–H groups in total. The minimum Gasteiger partial charge on any atom is -0.337 e. The van der Waals surface area contributed by atoms with Crippen LogP contribution in [0.4, 0.5) is 0 Å². The number of aryl methyl sites for hydroxylation is 2. The van der Waals surface area contributed by atoms with Crippen LogP contribution in [-0.2, 0) is 6.54 Å². The number of imidazole rings is 1. The Hall–Kier alpha value is -0.870. The molecular formula is C10H12N2S2. The highest BCUT2D eigenvalue weighted by atomic mass is 32.1. The number of H-pyrrole nitrogens is 1. The zero-order valence-electron chi connectivity index (χ0n) is 8.20. The van der Waals surface area contributed by atoms with Crippen LogP contribution in [0.2, 0.25) is 0 Å². The van der Waals surface area contributed by atoms with E-state index < -0.39 is 0 Å². The van der Waals surface area contributed by atoms with Gasteiger partial charge in [0, 0.05) is 22.1 Å². The van der Waals surface area contributed by atoms with E-state index >= 15 is 0 Å². The Bertz CT molecular complexity index is 471. The summed E-state index contributed by atoms with van der Waals surface area (Å²) in [6.07, 6.45) is 3.85. The molecule has 0 bridgehead atoms. The second kappa shape index (κ2) is 3.71. The summed E-state index contributed by atoms with van der Waals surface area (Å²) in [4.78, 5) is 5.74. The van der Waals surface area contributed by atoms with E-state index in [2.05, 4.69) is 24.9 Å². The lowest BCUT2D eigenvalue weighted by Crippen LogP contribution is -1.95. The molecule has 2 heterocycles. The van der Waals surface area contributed by atoms with Gasteiger partial charge in [-0.05, 0) is 37.7 Å². The van der Waals surface area contributed by atoms with Crippen LogP contribution in [0.5, 0.6) is 0 Å². The molecule has 0 aromatic carbocycles. The SMILES string of the molecule is Cc1cc(Cn2cc[nH]c2=S)sc1C. The first-order valence-corrected chi connectivity index (χ1v) is 5.69. The van der Waals surface area contributed by atoms with Gasteiger partial charge in [-0.2, -0.15) is 0 Å². The molecule has 4 heteroatoms. The zero-order valence-corrected chi connectivity index (χ0v) is 9.84. The molecule has 0 aliphatic heterocycles. The van der Waals surface area contributed by atoms with Gasteiger partial charge in [-0.15, -0.1) is 11.3 Å². The van der Waals surface area contributed by atoms with Crippen LogP contribution in [0.25, 0.3) is 0 Å². The Morgan fingerprint density at radius 3 is 2.79 bits per heavy atom. The second-order valence-corrected chi connectivity index (χ2v) is 5.07. The van der Waals surface area contributed by atoms with Crippen molar-refractivity contribution in [3.8, 4) is 0 Å². The third-order valence-electron chi connectivity index (χ3n) is 2.27. The number of rotatable bonds is 2. The number of aromatic nitrogens is 2. The van der Waals surface area contributed by atoms with Gasteiger partial charge >= 0.3 is 0 Å². The fourth-order valence-corrected chi connectivity index (χ4v) is 2.62. The molecule has 2 aromatic rings. The molecule has 0 atom stereocenters. The van der Waals surface area contributed by atoms with Crippen LogP contribution in [0, 0.1) is 18.6 Å². The fourth-order valence-electron chi connectivity index (χ4n) is 1.37. The first kappa shape index (κ1) is 9.68. The maximum absolute atomic E-state index is 5.14. The number of nitrogens with zero attached hydrogens (tertiary/aromatic N) is 1. The molecule has 0 saturated carbocycles. The molecule has 0 radical (unpaired) electrons. The summed E-state index contributed by atoms with van der Waals surface area (Å²) in [5.74, 6) is 0. The number of aromatic amines is 1. The standard InChI is InChI=1S/C10H12N2S2/c1-7-5-9(14-8(7)2)6-12-4-3-11-10(12)13/h3-5H,6H2,1-2H3,(H,11,13). The van der Waals surface area contributed by atoms with Gasteiger partial charge in [-0.1, -0.05) is 0 Å². The molecule has 0 aliphatic carbocycles. The molecule has 2 aromatic heterocycles. The lowest BCUT2D eigenvalue weighted by molar-refractivity contribution is 0.795. The number of hydrogen-bond acceptors (Lipinski definition) is 2. The van der Waals surface area contributed by atoms with Gasteiger partial charge in [-0.25, -0.2) is 0 Å². The quantitative estimate of drug-likeness (QED) is 0.776. The normalized spacial score (nSPS) is 10.7. The van der Waals surface area contributed by atoms with Crippen LogP contribution in [0.1, 0.15) is 15.3 Å². The molecular weight excluding hydrogens is 212 g/mol. The molecule has 0 unspecified atom stereocenters. The largest absolute Gasteiger partial charge is 0.337 e. The van der Waals surface area contributed by atoms with Gasteiger partial charge in [0.15, 0.2) is 4.77 Å². The summed E-state index contributed by atoms with van der Waals surface area (Å²) in [5, 5.41) is 0. The third kappa shape index (κ3) is 1.81. The van der Waals surface area contributed by atoms with Crippen molar-refractivity contribution in [1.82, 2.24) is 9.55 Å². The Kier molecular flexibility index (Phi) is 2.56. The summed E-state index contributed by atoms with van der Waals surface area (Å²) in [5.41, 5.74) is 1.37. The summed E-state index contributed by atoms with van der Waals surface area (Å²) in [6.45, 7) is 5.17. The Labute approximate surface area is 92.2 Å². The number of nitrogens with one attached hydrogen (secondary N) is 1. The maximum atomic E-state index is 5.14. The summed E-state index contributed by atoms with van der Waals surface area (Å²) in [7, 11) is 0. The first-order chi connectivity index (χ1) is 6.66. The maximum Gasteiger partial charge on any atom is 0.177 e. The van der Waals surface area contributed by atoms with Crippen LogP contribution in [0.15, 0.2) is 18.5 Å². The van der Waals surface area contributed by atoms with Gasteiger partial charge in [-0.3, -0.25) is 0 Å². The van der Waals surface area contributed by atoms with E-state index in [0.717, 1.165) is 11.3 Å². The summed E-state index contributed by atoms with van der Waals surface area (Å²) < 4.78 is 2.83. The Morgan fingerprint density at radius 2 is 2.29 bits per heavy atom. The van der Waals surface area contributed by atoms with E-state index in [1.807, 2.05) is 28.3 Å². The molecule has 0 spiro atoms. The van der Waals surface area contributed by atoms with Crippen LogP contribution in [0.3, 0.4) is 0 Å². The van der Waals surface area contributed by atoms with Crippen molar-refractivity contribution in [2.45, 2.75) is 20.4 Å². The monoisotopic (exact) mass is 224 g/mol. The number of thiophene rings is 1. The Balaban J connectivity index is 2.27. The lowest BCUT2D eigenvalue weighted by atomic mass is 10.3. The van der Waals surface area contributed by atoms with Crippen LogP contribution in [-0.4, -0.2) is 9.55 Å². The third-order valence-corrected chi connectivity index (χ3v) is 3.75. The molecule has 0 fully saturated rings. The van der Waals surface area contributed by atoms with Crippen molar-refractivity contribution >= 4 is 23.6 Å². The molecule has 74 valence electrons. The first-order valence-electron chi connectivity index (χ1n) is 4.46. The van der Waals surface area contributed by atoms with Crippen molar-refractivity contribution in [1.29, 1.82) is 0 Å². The van der Waals surface area contributed by atoms with Crippen molar-refractivity contribution in [3.05, 3.63) is 38.5 Å². The molecule has 0 saturated heterocycles. The molecule has 0 amide bonds. The van der Waals surface area contributed by atoms with E-state index in [-0.39, 0.29) is 0 Å². The van der Waals surface area contributed by atoms with E-state index in [4.69, 9.17) is 12.2 Å². The highest BCUT2D eigenvalue weighted by Crippen LogP contribution is 2.21. The van der Waals surface area contributed by atoms with E-state index in [1.54, 1.807) is 0 Å². The highest BCUT2D eigenvalue weighted by Gasteiger charge is 2.02. The fraction of sp³-hybridized carbons (Fsp3) is 0.300. The highest BCUT2D eigenvalue weighted by molar-refractivity contribution is 7.71. The van der Waals surface area contributed by atoms with Gasteiger partial charge in [0.05, 0.1) is 6.54 Å². The molecule has 2 nitrogen and oxygen atoms in total. The average Bonchev–Trinajstić information content (AvgIpc) is 2.63. The minimum atomic E-state index is 0.786. The minimum absolute atomic E-state index is 0.786. The van der Waals surface area contributed by atoms with Gasteiger partial charge in [0.25, 0.3) is 0 Å². The van der Waals surface area contributed by atoms with Crippen molar-refractivity contribution in [2.75, 3.05) is 0 Å². The topological polar surface area (TPSA) is 20.7 Å². The Morgan fingerprint density at radius 1 is 1.50 bits per heavy atom. The van der Waals surface area contributed by atoms with E-state index in [1.165, 1.54) is 15.3 Å². The summed E-state index contributed by atoms with van der Waals surface area (Å²) in [6, 6.07) is 2.23. The van der Waals surface area contributed by atoms with Gasteiger partial charge < -0.3 is 9.55 Å². The number of hydrogen-bond donors (Lipinski definition) is 1. The molecule has 2 rings (SSSR count). The second-order valence-electron chi connectivity index (χ2n) is 3.35. The zero-order chi connectivity index (χ0) is 10.1.